The first-order chi connectivity index (χ1) is 7.15. The van der Waals surface area contributed by atoms with Crippen LogP contribution in [-0.2, 0) is 0 Å². The summed E-state index contributed by atoms with van der Waals surface area (Å²) in [5.74, 6) is 1.64. The number of hydrogen-bond donors (Lipinski definition) is 0. The second kappa shape index (κ2) is 4.09. The van der Waals surface area contributed by atoms with E-state index in [1.54, 1.807) is 6.20 Å². The molecule has 1 aromatic rings. The van der Waals surface area contributed by atoms with E-state index in [9.17, 15) is 0 Å². The van der Waals surface area contributed by atoms with E-state index >= 15 is 0 Å². The van der Waals surface area contributed by atoms with E-state index in [2.05, 4.69) is 4.98 Å². The number of pyridine rings is 1. The SMILES string of the molecule is Cc1ncc(OC2CC2)cc1OC(C)C. The Morgan fingerprint density at radius 3 is 2.73 bits per heavy atom. The molecule has 0 N–H and O–H groups in total. The largest absolute Gasteiger partial charge is 0.489 e. The van der Waals surface area contributed by atoms with Gasteiger partial charge in [0.1, 0.15) is 11.5 Å². The lowest BCUT2D eigenvalue weighted by Crippen LogP contribution is -2.08. The molecule has 1 aliphatic rings. The summed E-state index contributed by atoms with van der Waals surface area (Å²) in [6.07, 6.45) is 4.66. The van der Waals surface area contributed by atoms with Crippen LogP contribution in [0.2, 0.25) is 0 Å². The van der Waals surface area contributed by atoms with Crippen molar-refractivity contribution in [1.29, 1.82) is 0 Å². The third-order valence-corrected chi connectivity index (χ3v) is 2.21. The summed E-state index contributed by atoms with van der Waals surface area (Å²) in [7, 11) is 0. The van der Waals surface area contributed by atoms with E-state index in [-0.39, 0.29) is 6.10 Å². The fourth-order valence-corrected chi connectivity index (χ4v) is 1.31. The van der Waals surface area contributed by atoms with Crippen molar-refractivity contribution in [2.45, 2.75) is 45.8 Å². The molecule has 0 amide bonds. The van der Waals surface area contributed by atoms with Crippen LogP contribution >= 0.6 is 0 Å². The van der Waals surface area contributed by atoms with Gasteiger partial charge >= 0.3 is 0 Å². The van der Waals surface area contributed by atoms with Crippen LogP contribution in [0, 0.1) is 6.92 Å². The Hall–Kier alpha value is -1.25. The summed E-state index contributed by atoms with van der Waals surface area (Å²) in [5, 5.41) is 0. The summed E-state index contributed by atoms with van der Waals surface area (Å²) in [6, 6.07) is 1.93. The highest BCUT2D eigenvalue weighted by molar-refractivity contribution is 5.34. The highest BCUT2D eigenvalue weighted by Gasteiger charge is 2.23. The zero-order valence-corrected chi connectivity index (χ0v) is 9.49. The molecule has 1 aliphatic carbocycles. The molecule has 0 bridgehead atoms. The predicted molar refractivity (Wildman–Crippen MR) is 58.4 cm³/mol. The van der Waals surface area contributed by atoms with Gasteiger partial charge in [0.05, 0.1) is 24.1 Å². The molecule has 3 nitrogen and oxygen atoms in total. The standard InChI is InChI=1S/C12H17NO2/c1-8(2)14-12-6-11(7-13-9(12)3)15-10-4-5-10/h6-8,10H,4-5H2,1-3H3. The minimum atomic E-state index is 0.168. The molecule has 0 unspecified atom stereocenters. The third-order valence-electron chi connectivity index (χ3n) is 2.21. The van der Waals surface area contributed by atoms with E-state index in [1.807, 2.05) is 26.8 Å². The molecule has 1 fully saturated rings. The molecule has 0 atom stereocenters. The second-order valence-corrected chi connectivity index (χ2v) is 4.24. The summed E-state index contributed by atoms with van der Waals surface area (Å²) in [6.45, 7) is 5.96. The number of rotatable bonds is 4. The van der Waals surface area contributed by atoms with Crippen LogP contribution in [0.15, 0.2) is 12.3 Å². The number of aryl methyl sites for hydroxylation is 1. The highest BCUT2D eigenvalue weighted by Crippen LogP contribution is 2.29. The van der Waals surface area contributed by atoms with Crippen molar-refractivity contribution in [1.82, 2.24) is 4.98 Å². The first kappa shape index (κ1) is 10.3. The molecule has 0 radical (unpaired) electrons. The lowest BCUT2D eigenvalue weighted by molar-refractivity contribution is 0.236. The molecule has 0 saturated heterocycles. The van der Waals surface area contributed by atoms with E-state index in [0.29, 0.717) is 6.10 Å². The second-order valence-electron chi connectivity index (χ2n) is 4.24. The molecule has 1 saturated carbocycles. The van der Waals surface area contributed by atoms with Gasteiger partial charge in [-0.05, 0) is 33.6 Å². The molecular weight excluding hydrogens is 190 g/mol. The van der Waals surface area contributed by atoms with Gasteiger partial charge in [-0.3, -0.25) is 4.98 Å². The van der Waals surface area contributed by atoms with E-state index < -0.39 is 0 Å². The summed E-state index contributed by atoms with van der Waals surface area (Å²) < 4.78 is 11.3. The van der Waals surface area contributed by atoms with E-state index in [0.717, 1.165) is 30.0 Å². The minimum absolute atomic E-state index is 0.168. The topological polar surface area (TPSA) is 31.4 Å². The van der Waals surface area contributed by atoms with Crippen LogP contribution in [0.25, 0.3) is 0 Å². The number of hydrogen-bond acceptors (Lipinski definition) is 3. The fourth-order valence-electron chi connectivity index (χ4n) is 1.31. The normalized spacial score (nSPS) is 15.5. The van der Waals surface area contributed by atoms with Crippen molar-refractivity contribution < 1.29 is 9.47 Å². The van der Waals surface area contributed by atoms with Crippen molar-refractivity contribution in [3.63, 3.8) is 0 Å². The van der Waals surface area contributed by atoms with Crippen molar-refractivity contribution in [2.24, 2.45) is 0 Å². The zero-order valence-electron chi connectivity index (χ0n) is 9.49. The Labute approximate surface area is 90.4 Å². The lowest BCUT2D eigenvalue weighted by atomic mass is 10.3. The molecule has 1 aromatic heterocycles. The van der Waals surface area contributed by atoms with E-state index in [4.69, 9.17) is 9.47 Å². The Bertz CT molecular complexity index is 345. The first-order valence-corrected chi connectivity index (χ1v) is 5.45. The molecule has 0 spiro atoms. The van der Waals surface area contributed by atoms with Gasteiger partial charge in [-0.1, -0.05) is 0 Å². The molecule has 1 heterocycles. The number of nitrogens with zero attached hydrogens (tertiary/aromatic N) is 1. The average molecular weight is 207 g/mol. The minimum Gasteiger partial charge on any atom is -0.489 e. The predicted octanol–water partition coefficient (Wildman–Crippen LogP) is 2.72. The molecule has 0 aromatic carbocycles. The van der Waals surface area contributed by atoms with Gasteiger partial charge in [0.2, 0.25) is 0 Å². The fraction of sp³-hybridized carbons (Fsp3) is 0.583. The Morgan fingerprint density at radius 2 is 2.13 bits per heavy atom. The van der Waals surface area contributed by atoms with Crippen molar-refractivity contribution >= 4 is 0 Å². The summed E-state index contributed by atoms with van der Waals surface area (Å²) in [5.41, 5.74) is 0.909. The van der Waals surface area contributed by atoms with Gasteiger partial charge in [0.15, 0.2) is 0 Å². The lowest BCUT2D eigenvalue weighted by Gasteiger charge is -2.13. The summed E-state index contributed by atoms with van der Waals surface area (Å²) in [4.78, 5) is 4.26. The molecular formula is C12H17NO2. The van der Waals surface area contributed by atoms with Crippen LogP contribution in [0.5, 0.6) is 11.5 Å². The average Bonchev–Trinajstić information content (AvgIpc) is 2.94. The molecule has 3 heteroatoms. The van der Waals surface area contributed by atoms with Crippen molar-refractivity contribution in [3.05, 3.63) is 18.0 Å². The molecule has 82 valence electrons. The van der Waals surface area contributed by atoms with Crippen molar-refractivity contribution in [3.8, 4) is 11.5 Å². The van der Waals surface area contributed by atoms with Gasteiger partial charge in [-0.15, -0.1) is 0 Å². The Kier molecular flexibility index (Phi) is 2.80. The van der Waals surface area contributed by atoms with Gasteiger partial charge in [0.25, 0.3) is 0 Å². The zero-order chi connectivity index (χ0) is 10.8. The van der Waals surface area contributed by atoms with Crippen LogP contribution < -0.4 is 9.47 Å². The van der Waals surface area contributed by atoms with Crippen LogP contribution in [0.3, 0.4) is 0 Å². The molecule has 0 aliphatic heterocycles. The van der Waals surface area contributed by atoms with Gasteiger partial charge in [0, 0.05) is 6.07 Å². The molecule has 15 heavy (non-hydrogen) atoms. The highest BCUT2D eigenvalue weighted by atomic mass is 16.5. The smallest absolute Gasteiger partial charge is 0.144 e. The van der Waals surface area contributed by atoms with Crippen molar-refractivity contribution in [2.75, 3.05) is 0 Å². The monoisotopic (exact) mass is 207 g/mol. The third kappa shape index (κ3) is 2.85. The molecule has 2 rings (SSSR count). The van der Waals surface area contributed by atoms with Crippen LogP contribution in [0.1, 0.15) is 32.4 Å². The maximum absolute atomic E-state index is 5.66. The Balaban J connectivity index is 2.11. The first-order valence-electron chi connectivity index (χ1n) is 5.45. The maximum Gasteiger partial charge on any atom is 0.144 e. The van der Waals surface area contributed by atoms with Crippen LogP contribution in [0.4, 0.5) is 0 Å². The Morgan fingerprint density at radius 1 is 1.40 bits per heavy atom. The van der Waals surface area contributed by atoms with Gasteiger partial charge < -0.3 is 9.47 Å². The van der Waals surface area contributed by atoms with Gasteiger partial charge in [-0.2, -0.15) is 0 Å². The van der Waals surface area contributed by atoms with Gasteiger partial charge in [-0.25, -0.2) is 0 Å². The number of ether oxygens (including phenoxy) is 2. The van der Waals surface area contributed by atoms with Crippen LogP contribution in [-0.4, -0.2) is 17.2 Å². The summed E-state index contributed by atoms with van der Waals surface area (Å²) >= 11 is 0. The van der Waals surface area contributed by atoms with E-state index in [1.165, 1.54) is 0 Å². The quantitative estimate of drug-likeness (QED) is 0.760. The number of aromatic nitrogens is 1. The maximum atomic E-state index is 5.66.